The van der Waals surface area contributed by atoms with Gasteiger partial charge in [0.1, 0.15) is 6.04 Å². The van der Waals surface area contributed by atoms with Crippen LogP contribution in [0.5, 0.6) is 0 Å². The molecule has 1 fully saturated rings. The summed E-state index contributed by atoms with van der Waals surface area (Å²) >= 11 is 0. The molecule has 2 aromatic carbocycles. The minimum absolute atomic E-state index is 0.0439. The van der Waals surface area contributed by atoms with Gasteiger partial charge in [0.2, 0.25) is 5.91 Å². The van der Waals surface area contributed by atoms with Gasteiger partial charge in [0.15, 0.2) is 0 Å². The summed E-state index contributed by atoms with van der Waals surface area (Å²) in [6.07, 6.45) is 0.629. The van der Waals surface area contributed by atoms with Crippen LogP contribution in [0.15, 0.2) is 48.5 Å². The third-order valence-electron chi connectivity index (χ3n) is 4.35. The number of benzene rings is 2. The summed E-state index contributed by atoms with van der Waals surface area (Å²) in [5.41, 5.74) is 3.83. The van der Waals surface area contributed by atoms with Crippen LogP contribution in [-0.2, 0) is 4.79 Å². The Balaban J connectivity index is 1.71. The van der Waals surface area contributed by atoms with Gasteiger partial charge in [-0.15, -0.1) is 0 Å². The highest BCUT2D eigenvalue weighted by molar-refractivity contribution is 6.03. The monoisotopic (exact) mass is 308 g/mol. The Morgan fingerprint density at radius 3 is 2.52 bits per heavy atom. The van der Waals surface area contributed by atoms with E-state index in [9.17, 15) is 9.59 Å². The average molecular weight is 308 g/mol. The van der Waals surface area contributed by atoms with Crippen LogP contribution in [-0.4, -0.2) is 24.4 Å². The summed E-state index contributed by atoms with van der Waals surface area (Å²) < 4.78 is 0. The van der Waals surface area contributed by atoms with E-state index in [0.717, 1.165) is 11.3 Å². The molecule has 0 aromatic heterocycles. The molecule has 0 unspecified atom stereocenters. The van der Waals surface area contributed by atoms with Crippen molar-refractivity contribution in [2.45, 2.75) is 26.3 Å². The number of hydrogen-bond acceptors (Lipinski definition) is 2. The van der Waals surface area contributed by atoms with Gasteiger partial charge in [0.25, 0.3) is 5.91 Å². The van der Waals surface area contributed by atoms with Gasteiger partial charge in [0.05, 0.1) is 0 Å². The maximum Gasteiger partial charge on any atom is 0.251 e. The summed E-state index contributed by atoms with van der Waals surface area (Å²) in [6.45, 7) is 4.71. The predicted octanol–water partition coefficient (Wildman–Crippen LogP) is 2.84. The van der Waals surface area contributed by atoms with Gasteiger partial charge in [0, 0.05) is 17.8 Å². The van der Waals surface area contributed by atoms with E-state index < -0.39 is 6.04 Å². The highest BCUT2D eigenvalue weighted by atomic mass is 16.2. The van der Waals surface area contributed by atoms with Gasteiger partial charge in [-0.25, -0.2) is 0 Å². The molecule has 3 rings (SSSR count). The molecule has 2 amide bonds. The van der Waals surface area contributed by atoms with E-state index in [1.54, 1.807) is 17.0 Å². The fourth-order valence-electron chi connectivity index (χ4n) is 2.79. The zero-order chi connectivity index (χ0) is 16.4. The number of anilines is 1. The standard InChI is InChI=1S/C19H20N2O2/c1-13-8-9-16(12-14(13)2)21-11-10-17(19(21)23)20-18(22)15-6-4-3-5-7-15/h3-9,12,17H,10-11H2,1-2H3,(H,20,22)/t17-/m0/s1. The Morgan fingerprint density at radius 2 is 1.83 bits per heavy atom. The van der Waals surface area contributed by atoms with Gasteiger partial charge in [-0.2, -0.15) is 0 Å². The first-order valence-electron chi connectivity index (χ1n) is 7.81. The molecule has 1 heterocycles. The topological polar surface area (TPSA) is 49.4 Å². The van der Waals surface area contributed by atoms with Crippen LogP contribution in [0, 0.1) is 13.8 Å². The van der Waals surface area contributed by atoms with Gasteiger partial charge in [-0.1, -0.05) is 24.3 Å². The molecule has 4 heteroatoms. The lowest BCUT2D eigenvalue weighted by molar-refractivity contribution is -0.118. The minimum Gasteiger partial charge on any atom is -0.340 e. The molecule has 0 spiro atoms. The molecular formula is C19H20N2O2. The Labute approximate surface area is 136 Å². The number of carbonyl (C=O) groups is 2. The second kappa shape index (κ2) is 6.24. The van der Waals surface area contributed by atoms with E-state index in [1.807, 2.05) is 50.2 Å². The first kappa shape index (κ1) is 15.3. The maximum absolute atomic E-state index is 12.6. The first-order chi connectivity index (χ1) is 11.1. The number of rotatable bonds is 3. The van der Waals surface area contributed by atoms with Crippen molar-refractivity contribution in [2.75, 3.05) is 11.4 Å². The summed E-state index contributed by atoms with van der Waals surface area (Å²) in [6, 6.07) is 14.5. The first-order valence-corrected chi connectivity index (χ1v) is 7.81. The second-order valence-corrected chi connectivity index (χ2v) is 5.94. The van der Waals surface area contributed by atoms with Crippen molar-refractivity contribution in [1.29, 1.82) is 0 Å². The Morgan fingerprint density at radius 1 is 1.09 bits per heavy atom. The molecule has 1 atom stereocenters. The van der Waals surface area contributed by atoms with Crippen molar-refractivity contribution in [3.8, 4) is 0 Å². The highest BCUT2D eigenvalue weighted by Crippen LogP contribution is 2.24. The number of aryl methyl sites for hydroxylation is 2. The molecule has 1 N–H and O–H groups in total. The van der Waals surface area contributed by atoms with Crippen molar-refractivity contribution in [3.05, 3.63) is 65.2 Å². The van der Waals surface area contributed by atoms with Crippen LogP contribution < -0.4 is 10.2 Å². The molecule has 4 nitrogen and oxygen atoms in total. The molecule has 118 valence electrons. The summed E-state index contributed by atoms with van der Waals surface area (Å²) in [7, 11) is 0. The normalized spacial score (nSPS) is 17.4. The van der Waals surface area contributed by atoms with E-state index in [1.165, 1.54) is 5.56 Å². The number of nitrogens with zero attached hydrogens (tertiary/aromatic N) is 1. The van der Waals surface area contributed by atoms with Crippen LogP contribution in [0.3, 0.4) is 0 Å². The third kappa shape index (κ3) is 3.11. The maximum atomic E-state index is 12.6. The van der Waals surface area contributed by atoms with Crippen molar-refractivity contribution in [1.82, 2.24) is 5.32 Å². The Hall–Kier alpha value is -2.62. The van der Waals surface area contributed by atoms with E-state index in [0.29, 0.717) is 18.5 Å². The van der Waals surface area contributed by atoms with Gasteiger partial charge in [-0.05, 0) is 55.7 Å². The third-order valence-corrected chi connectivity index (χ3v) is 4.35. The van der Waals surface area contributed by atoms with Crippen LogP contribution in [0.2, 0.25) is 0 Å². The van der Waals surface area contributed by atoms with Crippen LogP contribution in [0.4, 0.5) is 5.69 Å². The van der Waals surface area contributed by atoms with E-state index in [-0.39, 0.29) is 11.8 Å². The number of amides is 2. The SMILES string of the molecule is Cc1ccc(N2CC[C@H](NC(=O)c3ccccc3)C2=O)cc1C. The summed E-state index contributed by atoms with van der Waals surface area (Å²) in [5, 5.41) is 2.84. The molecule has 1 aliphatic rings. The molecule has 0 bridgehead atoms. The van der Waals surface area contributed by atoms with Crippen molar-refractivity contribution in [3.63, 3.8) is 0 Å². The molecule has 1 aliphatic heterocycles. The molecule has 0 radical (unpaired) electrons. The average Bonchev–Trinajstić information content (AvgIpc) is 2.92. The van der Waals surface area contributed by atoms with Crippen LogP contribution in [0.25, 0.3) is 0 Å². The molecule has 1 saturated heterocycles. The van der Waals surface area contributed by atoms with Crippen molar-refractivity contribution in [2.24, 2.45) is 0 Å². The van der Waals surface area contributed by atoms with Crippen LogP contribution >= 0.6 is 0 Å². The van der Waals surface area contributed by atoms with E-state index in [2.05, 4.69) is 5.32 Å². The summed E-state index contributed by atoms with van der Waals surface area (Å²) in [4.78, 5) is 26.5. The molecular weight excluding hydrogens is 288 g/mol. The zero-order valence-corrected chi connectivity index (χ0v) is 13.4. The quantitative estimate of drug-likeness (QED) is 0.948. The number of hydrogen-bond donors (Lipinski definition) is 1. The largest absolute Gasteiger partial charge is 0.340 e. The Kier molecular flexibility index (Phi) is 4.15. The Bertz CT molecular complexity index is 740. The highest BCUT2D eigenvalue weighted by Gasteiger charge is 2.33. The zero-order valence-electron chi connectivity index (χ0n) is 13.4. The molecule has 0 saturated carbocycles. The van der Waals surface area contributed by atoms with E-state index >= 15 is 0 Å². The number of nitrogens with one attached hydrogen (secondary N) is 1. The predicted molar refractivity (Wildman–Crippen MR) is 90.6 cm³/mol. The minimum atomic E-state index is -0.454. The molecule has 2 aromatic rings. The second-order valence-electron chi connectivity index (χ2n) is 5.94. The lowest BCUT2D eigenvalue weighted by Gasteiger charge is -2.18. The van der Waals surface area contributed by atoms with Gasteiger partial charge < -0.3 is 10.2 Å². The lowest BCUT2D eigenvalue weighted by atomic mass is 10.1. The number of carbonyl (C=O) groups excluding carboxylic acids is 2. The lowest BCUT2D eigenvalue weighted by Crippen LogP contribution is -2.41. The van der Waals surface area contributed by atoms with Crippen molar-refractivity contribution >= 4 is 17.5 Å². The fourth-order valence-corrected chi connectivity index (χ4v) is 2.79. The van der Waals surface area contributed by atoms with Gasteiger partial charge in [-0.3, -0.25) is 9.59 Å². The van der Waals surface area contributed by atoms with Crippen LogP contribution in [0.1, 0.15) is 27.9 Å². The molecule has 0 aliphatic carbocycles. The fraction of sp³-hybridized carbons (Fsp3) is 0.263. The smallest absolute Gasteiger partial charge is 0.251 e. The van der Waals surface area contributed by atoms with Gasteiger partial charge >= 0.3 is 0 Å². The summed E-state index contributed by atoms with van der Waals surface area (Å²) in [5.74, 6) is -0.247. The van der Waals surface area contributed by atoms with Crippen molar-refractivity contribution < 1.29 is 9.59 Å². The molecule has 23 heavy (non-hydrogen) atoms. The van der Waals surface area contributed by atoms with E-state index in [4.69, 9.17) is 0 Å².